The van der Waals surface area contributed by atoms with Gasteiger partial charge in [0.1, 0.15) is 5.82 Å². The third-order valence-electron chi connectivity index (χ3n) is 3.31. The van der Waals surface area contributed by atoms with Crippen LogP contribution in [-0.4, -0.2) is 42.2 Å². The van der Waals surface area contributed by atoms with Crippen LogP contribution in [0.15, 0.2) is 12.4 Å². The number of rotatable bonds is 3. The van der Waals surface area contributed by atoms with Crippen molar-refractivity contribution in [1.29, 1.82) is 0 Å². The number of nitrogens with zero attached hydrogens (tertiary/aromatic N) is 3. The number of carbonyl (C=O) groups is 1. The Balaban J connectivity index is 2.12. The van der Waals surface area contributed by atoms with Crippen LogP contribution in [0.1, 0.15) is 23.8 Å². The summed E-state index contributed by atoms with van der Waals surface area (Å²) in [4.78, 5) is 21.8. The number of hydrogen-bond donors (Lipinski definition) is 1. The van der Waals surface area contributed by atoms with Crippen molar-refractivity contribution in [2.75, 3.05) is 25.1 Å². The van der Waals surface area contributed by atoms with E-state index < -0.39 is 5.97 Å². The number of esters is 1. The van der Waals surface area contributed by atoms with Gasteiger partial charge in [0, 0.05) is 19.1 Å². The van der Waals surface area contributed by atoms with Gasteiger partial charge in [0.05, 0.1) is 19.5 Å². The Morgan fingerprint density at radius 2 is 2.39 bits per heavy atom. The van der Waals surface area contributed by atoms with E-state index in [1.807, 2.05) is 6.92 Å². The molecule has 98 valence electrons. The van der Waals surface area contributed by atoms with Crippen molar-refractivity contribution in [3.05, 3.63) is 18.1 Å². The summed E-state index contributed by atoms with van der Waals surface area (Å²) in [5.74, 6) is 0.710. The Labute approximate surface area is 106 Å². The minimum Gasteiger partial charge on any atom is -0.464 e. The molecule has 6 nitrogen and oxygen atoms in total. The van der Waals surface area contributed by atoms with Crippen molar-refractivity contribution in [2.24, 2.45) is 11.7 Å². The maximum absolute atomic E-state index is 11.4. The average Bonchev–Trinajstić information content (AvgIpc) is 2.88. The maximum atomic E-state index is 11.4. The van der Waals surface area contributed by atoms with Crippen molar-refractivity contribution in [2.45, 2.75) is 19.4 Å². The molecule has 1 aromatic rings. The summed E-state index contributed by atoms with van der Waals surface area (Å²) in [6.07, 6.45) is 4.12. The maximum Gasteiger partial charge on any atom is 0.358 e. The monoisotopic (exact) mass is 250 g/mol. The van der Waals surface area contributed by atoms with Crippen LogP contribution in [0, 0.1) is 5.92 Å². The van der Waals surface area contributed by atoms with Crippen LogP contribution in [0.5, 0.6) is 0 Å². The van der Waals surface area contributed by atoms with E-state index in [1.165, 1.54) is 13.3 Å². The van der Waals surface area contributed by atoms with Crippen LogP contribution in [0.2, 0.25) is 0 Å². The van der Waals surface area contributed by atoms with Crippen molar-refractivity contribution in [3.8, 4) is 0 Å². The first-order valence-corrected chi connectivity index (χ1v) is 6.02. The lowest BCUT2D eigenvalue weighted by atomic mass is 10.0. The van der Waals surface area contributed by atoms with E-state index in [1.54, 1.807) is 6.20 Å². The molecule has 2 unspecified atom stereocenters. The van der Waals surface area contributed by atoms with Gasteiger partial charge in [-0.2, -0.15) is 0 Å². The lowest BCUT2D eigenvalue weighted by Gasteiger charge is -2.18. The standard InChI is InChI=1S/C12H18N4O2/c1-8(13)9-3-4-16(7-9)11-6-14-5-10(15-11)12(17)18-2/h5-6,8-9H,3-4,7,13H2,1-2H3. The highest BCUT2D eigenvalue weighted by atomic mass is 16.5. The molecule has 1 fully saturated rings. The van der Waals surface area contributed by atoms with Gasteiger partial charge in [-0.15, -0.1) is 0 Å². The minimum atomic E-state index is -0.465. The molecule has 6 heteroatoms. The molecule has 2 rings (SSSR count). The van der Waals surface area contributed by atoms with Gasteiger partial charge in [0.25, 0.3) is 0 Å². The topological polar surface area (TPSA) is 81.3 Å². The zero-order chi connectivity index (χ0) is 13.1. The largest absolute Gasteiger partial charge is 0.464 e. The number of aromatic nitrogens is 2. The number of anilines is 1. The molecule has 0 amide bonds. The fraction of sp³-hybridized carbons (Fsp3) is 0.583. The average molecular weight is 250 g/mol. The molecule has 1 aliphatic heterocycles. The van der Waals surface area contributed by atoms with Gasteiger partial charge < -0.3 is 15.4 Å². The van der Waals surface area contributed by atoms with Crippen LogP contribution in [0.25, 0.3) is 0 Å². The van der Waals surface area contributed by atoms with Gasteiger partial charge in [-0.05, 0) is 19.3 Å². The van der Waals surface area contributed by atoms with Gasteiger partial charge in [0.2, 0.25) is 0 Å². The molecule has 0 radical (unpaired) electrons. The molecule has 0 aliphatic carbocycles. The van der Waals surface area contributed by atoms with Crippen LogP contribution < -0.4 is 10.6 Å². The van der Waals surface area contributed by atoms with E-state index in [0.29, 0.717) is 11.7 Å². The molecule has 2 atom stereocenters. The molecular weight excluding hydrogens is 232 g/mol. The Morgan fingerprint density at radius 3 is 3.00 bits per heavy atom. The van der Waals surface area contributed by atoms with Gasteiger partial charge in [-0.1, -0.05) is 0 Å². The van der Waals surface area contributed by atoms with Gasteiger partial charge in [-0.25, -0.2) is 9.78 Å². The summed E-state index contributed by atoms with van der Waals surface area (Å²) >= 11 is 0. The second-order valence-corrected chi connectivity index (χ2v) is 4.61. The van der Waals surface area contributed by atoms with E-state index in [2.05, 4.69) is 19.6 Å². The minimum absolute atomic E-state index is 0.173. The Morgan fingerprint density at radius 1 is 1.61 bits per heavy atom. The lowest BCUT2D eigenvalue weighted by Crippen LogP contribution is -2.30. The number of nitrogens with two attached hydrogens (primary N) is 1. The van der Waals surface area contributed by atoms with Crippen molar-refractivity contribution in [1.82, 2.24) is 9.97 Å². The number of ether oxygens (including phenoxy) is 1. The number of carbonyl (C=O) groups excluding carboxylic acids is 1. The number of methoxy groups -OCH3 is 1. The fourth-order valence-corrected chi connectivity index (χ4v) is 2.14. The molecule has 1 aromatic heterocycles. The molecule has 0 spiro atoms. The van der Waals surface area contributed by atoms with Crippen LogP contribution in [0.4, 0.5) is 5.82 Å². The molecule has 1 aliphatic rings. The molecule has 1 saturated heterocycles. The Bertz CT molecular complexity index is 436. The lowest BCUT2D eigenvalue weighted by molar-refractivity contribution is 0.0593. The summed E-state index contributed by atoms with van der Waals surface area (Å²) in [5.41, 5.74) is 6.14. The zero-order valence-corrected chi connectivity index (χ0v) is 10.7. The molecule has 2 heterocycles. The molecule has 18 heavy (non-hydrogen) atoms. The highest BCUT2D eigenvalue weighted by Gasteiger charge is 2.26. The van der Waals surface area contributed by atoms with Crippen LogP contribution in [-0.2, 0) is 4.74 Å². The molecule has 0 saturated carbocycles. The summed E-state index contributed by atoms with van der Waals surface area (Å²) in [6.45, 7) is 3.77. The number of hydrogen-bond acceptors (Lipinski definition) is 6. The Kier molecular flexibility index (Phi) is 3.76. The first-order valence-electron chi connectivity index (χ1n) is 6.02. The first-order chi connectivity index (χ1) is 8.61. The van der Waals surface area contributed by atoms with E-state index in [4.69, 9.17) is 5.73 Å². The Hall–Kier alpha value is -1.69. The molecular formula is C12H18N4O2. The SMILES string of the molecule is COC(=O)c1cncc(N2CCC(C(C)N)C2)n1. The summed E-state index contributed by atoms with van der Waals surface area (Å²) in [7, 11) is 1.33. The third-order valence-corrected chi connectivity index (χ3v) is 3.31. The molecule has 0 aromatic carbocycles. The normalized spacial score (nSPS) is 20.8. The predicted octanol–water partition coefficient (Wildman–Crippen LogP) is 0.437. The van der Waals surface area contributed by atoms with E-state index in [9.17, 15) is 4.79 Å². The predicted molar refractivity (Wildman–Crippen MR) is 67.3 cm³/mol. The highest BCUT2D eigenvalue weighted by Crippen LogP contribution is 2.23. The second kappa shape index (κ2) is 5.30. The fourth-order valence-electron chi connectivity index (χ4n) is 2.14. The van der Waals surface area contributed by atoms with Crippen molar-refractivity contribution < 1.29 is 9.53 Å². The van der Waals surface area contributed by atoms with Gasteiger partial charge in [-0.3, -0.25) is 4.98 Å². The molecule has 0 bridgehead atoms. The van der Waals surface area contributed by atoms with E-state index >= 15 is 0 Å². The van der Waals surface area contributed by atoms with Gasteiger partial charge >= 0.3 is 5.97 Å². The summed E-state index contributed by atoms with van der Waals surface area (Å²) in [6, 6.07) is 0.173. The van der Waals surface area contributed by atoms with E-state index in [-0.39, 0.29) is 11.7 Å². The van der Waals surface area contributed by atoms with E-state index in [0.717, 1.165) is 19.5 Å². The summed E-state index contributed by atoms with van der Waals surface area (Å²) < 4.78 is 4.63. The third kappa shape index (κ3) is 2.59. The summed E-state index contributed by atoms with van der Waals surface area (Å²) in [5, 5.41) is 0. The first kappa shape index (κ1) is 12.8. The van der Waals surface area contributed by atoms with Crippen LogP contribution in [0.3, 0.4) is 0 Å². The molecule has 2 N–H and O–H groups in total. The smallest absolute Gasteiger partial charge is 0.358 e. The van der Waals surface area contributed by atoms with Gasteiger partial charge in [0.15, 0.2) is 5.69 Å². The zero-order valence-electron chi connectivity index (χ0n) is 10.7. The second-order valence-electron chi connectivity index (χ2n) is 4.61. The highest BCUT2D eigenvalue weighted by molar-refractivity contribution is 5.87. The quantitative estimate of drug-likeness (QED) is 0.784. The van der Waals surface area contributed by atoms with Crippen molar-refractivity contribution in [3.63, 3.8) is 0 Å². The van der Waals surface area contributed by atoms with Crippen molar-refractivity contribution >= 4 is 11.8 Å². The van der Waals surface area contributed by atoms with Crippen LogP contribution >= 0.6 is 0 Å².